The summed E-state index contributed by atoms with van der Waals surface area (Å²) in [5.74, 6) is 1.46. The van der Waals surface area contributed by atoms with Gasteiger partial charge in [-0.1, -0.05) is 57.0 Å². The SMILES string of the molecule is CCCC1CCN(C(CN)C(C)c2ccccc2)CC1. The molecule has 0 bridgehead atoms. The smallest absolute Gasteiger partial charge is 0.0284 e. The first-order chi connectivity index (χ1) is 9.76. The molecule has 1 aliphatic rings. The molecule has 0 spiro atoms. The second kappa shape index (κ2) is 7.80. The number of piperidine rings is 1. The standard InChI is InChI=1S/C18H30N2/c1-3-7-16-10-12-20(13-11-16)18(14-19)15(2)17-8-5-4-6-9-17/h4-6,8-9,15-16,18H,3,7,10-14,19H2,1-2H3. The van der Waals surface area contributed by atoms with E-state index in [1.807, 2.05) is 0 Å². The first kappa shape index (κ1) is 15.5. The van der Waals surface area contributed by atoms with Crippen molar-refractivity contribution in [1.82, 2.24) is 4.90 Å². The van der Waals surface area contributed by atoms with Crippen LogP contribution in [0.25, 0.3) is 0 Å². The predicted molar refractivity (Wildman–Crippen MR) is 86.9 cm³/mol. The average molecular weight is 274 g/mol. The largest absolute Gasteiger partial charge is 0.329 e. The van der Waals surface area contributed by atoms with Crippen molar-refractivity contribution in [2.75, 3.05) is 19.6 Å². The molecule has 112 valence electrons. The first-order valence-corrected chi connectivity index (χ1v) is 8.25. The van der Waals surface area contributed by atoms with Crippen LogP contribution in [0.3, 0.4) is 0 Å². The summed E-state index contributed by atoms with van der Waals surface area (Å²) < 4.78 is 0. The van der Waals surface area contributed by atoms with Gasteiger partial charge in [0.1, 0.15) is 0 Å². The summed E-state index contributed by atoms with van der Waals surface area (Å²) in [4.78, 5) is 2.63. The molecular weight excluding hydrogens is 244 g/mol. The van der Waals surface area contributed by atoms with E-state index < -0.39 is 0 Å². The third kappa shape index (κ3) is 3.83. The van der Waals surface area contributed by atoms with Crippen LogP contribution in [0.5, 0.6) is 0 Å². The van der Waals surface area contributed by atoms with Crippen LogP contribution in [0.15, 0.2) is 30.3 Å². The molecule has 2 unspecified atom stereocenters. The summed E-state index contributed by atoms with van der Waals surface area (Å²) in [6, 6.07) is 11.3. The second-order valence-corrected chi connectivity index (χ2v) is 6.27. The number of likely N-dealkylation sites (tertiary alicyclic amines) is 1. The maximum Gasteiger partial charge on any atom is 0.0284 e. The summed E-state index contributed by atoms with van der Waals surface area (Å²) in [6.45, 7) is 7.83. The number of nitrogens with zero attached hydrogens (tertiary/aromatic N) is 1. The summed E-state index contributed by atoms with van der Waals surface area (Å²) in [7, 11) is 0. The minimum Gasteiger partial charge on any atom is -0.329 e. The Balaban J connectivity index is 1.95. The van der Waals surface area contributed by atoms with E-state index in [-0.39, 0.29) is 0 Å². The van der Waals surface area contributed by atoms with Crippen molar-refractivity contribution in [3.63, 3.8) is 0 Å². The lowest BCUT2D eigenvalue weighted by Gasteiger charge is -2.40. The quantitative estimate of drug-likeness (QED) is 0.858. The maximum absolute atomic E-state index is 6.09. The van der Waals surface area contributed by atoms with Gasteiger partial charge in [0.2, 0.25) is 0 Å². The molecule has 20 heavy (non-hydrogen) atoms. The van der Waals surface area contributed by atoms with Gasteiger partial charge in [-0.25, -0.2) is 0 Å². The van der Waals surface area contributed by atoms with Crippen molar-refractivity contribution in [3.8, 4) is 0 Å². The molecule has 0 saturated carbocycles. The van der Waals surface area contributed by atoms with Crippen molar-refractivity contribution in [3.05, 3.63) is 35.9 Å². The molecule has 1 aliphatic heterocycles. The first-order valence-electron chi connectivity index (χ1n) is 8.25. The monoisotopic (exact) mass is 274 g/mol. The van der Waals surface area contributed by atoms with E-state index in [0.717, 1.165) is 12.5 Å². The van der Waals surface area contributed by atoms with Gasteiger partial charge in [-0.15, -0.1) is 0 Å². The van der Waals surface area contributed by atoms with Crippen molar-refractivity contribution in [2.45, 2.75) is 51.5 Å². The van der Waals surface area contributed by atoms with Crippen LogP contribution in [0.1, 0.15) is 51.0 Å². The predicted octanol–water partition coefficient (Wildman–Crippen LogP) is 3.63. The molecule has 1 heterocycles. The Labute approximate surface area is 124 Å². The fraction of sp³-hybridized carbons (Fsp3) is 0.667. The minimum atomic E-state index is 0.486. The highest BCUT2D eigenvalue weighted by Gasteiger charge is 2.28. The molecule has 0 aliphatic carbocycles. The lowest BCUT2D eigenvalue weighted by Crippen LogP contribution is -2.47. The van der Waals surface area contributed by atoms with Gasteiger partial charge in [0.25, 0.3) is 0 Å². The Morgan fingerprint density at radius 1 is 1.20 bits per heavy atom. The molecule has 2 nitrogen and oxygen atoms in total. The zero-order chi connectivity index (χ0) is 14.4. The van der Waals surface area contributed by atoms with Crippen LogP contribution in [-0.2, 0) is 0 Å². The van der Waals surface area contributed by atoms with E-state index in [0.29, 0.717) is 12.0 Å². The molecule has 0 amide bonds. The highest BCUT2D eigenvalue weighted by atomic mass is 15.2. The van der Waals surface area contributed by atoms with Gasteiger partial charge in [0, 0.05) is 12.6 Å². The van der Waals surface area contributed by atoms with Crippen molar-refractivity contribution in [2.24, 2.45) is 11.7 Å². The zero-order valence-electron chi connectivity index (χ0n) is 13.1. The van der Waals surface area contributed by atoms with Crippen LogP contribution < -0.4 is 5.73 Å². The Bertz CT molecular complexity index is 368. The second-order valence-electron chi connectivity index (χ2n) is 6.27. The molecule has 2 atom stereocenters. The molecule has 2 rings (SSSR count). The van der Waals surface area contributed by atoms with Crippen LogP contribution in [0.2, 0.25) is 0 Å². The summed E-state index contributed by atoms with van der Waals surface area (Å²) in [5.41, 5.74) is 7.51. The molecule has 0 aromatic heterocycles. The van der Waals surface area contributed by atoms with Crippen LogP contribution in [0.4, 0.5) is 0 Å². The van der Waals surface area contributed by atoms with Crippen molar-refractivity contribution >= 4 is 0 Å². The lowest BCUT2D eigenvalue weighted by molar-refractivity contribution is 0.118. The third-order valence-electron chi connectivity index (χ3n) is 4.96. The van der Waals surface area contributed by atoms with Crippen LogP contribution in [-0.4, -0.2) is 30.6 Å². The Hall–Kier alpha value is -0.860. The zero-order valence-corrected chi connectivity index (χ0v) is 13.1. The van der Waals surface area contributed by atoms with Gasteiger partial charge in [0.05, 0.1) is 0 Å². The van der Waals surface area contributed by atoms with Gasteiger partial charge in [0.15, 0.2) is 0 Å². The van der Waals surface area contributed by atoms with Gasteiger partial charge >= 0.3 is 0 Å². The van der Waals surface area contributed by atoms with Crippen LogP contribution in [0, 0.1) is 5.92 Å². The van der Waals surface area contributed by atoms with Crippen molar-refractivity contribution in [1.29, 1.82) is 0 Å². The molecule has 2 N–H and O–H groups in total. The molecule has 1 aromatic carbocycles. The Kier molecular flexibility index (Phi) is 6.06. The van der Waals surface area contributed by atoms with E-state index in [9.17, 15) is 0 Å². The third-order valence-corrected chi connectivity index (χ3v) is 4.96. The summed E-state index contributed by atoms with van der Waals surface area (Å²) in [6.07, 6.45) is 5.43. The van der Waals surface area contributed by atoms with E-state index >= 15 is 0 Å². The van der Waals surface area contributed by atoms with Gasteiger partial charge in [-0.3, -0.25) is 4.90 Å². The van der Waals surface area contributed by atoms with Gasteiger partial charge in [-0.2, -0.15) is 0 Å². The maximum atomic E-state index is 6.09. The molecular formula is C18H30N2. The number of hydrogen-bond acceptors (Lipinski definition) is 2. The Morgan fingerprint density at radius 3 is 2.40 bits per heavy atom. The topological polar surface area (TPSA) is 29.3 Å². The fourth-order valence-corrected chi connectivity index (χ4v) is 3.63. The van der Waals surface area contributed by atoms with Crippen molar-refractivity contribution < 1.29 is 0 Å². The van der Waals surface area contributed by atoms with Crippen LogP contribution >= 0.6 is 0 Å². The lowest BCUT2D eigenvalue weighted by atomic mass is 9.87. The molecule has 2 heteroatoms. The van der Waals surface area contributed by atoms with E-state index in [1.165, 1.54) is 44.3 Å². The molecule has 1 aromatic rings. The summed E-state index contributed by atoms with van der Waals surface area (Å²) in [5, 5.41) is 0. The highest BCUT2D eigenvalue weighted by molar-refractivity contribution is 5.20. The number of hydrogen-bond donors (Lipinski definition) is 1. The highest BCUT2D eigenvalue weighted by Crippen LogP contribution is 2.28. The Morgan fingerprint density at radius 2 is 1.85 bits per heavy atom. The van der Waals surface area contributed by atoms with E-state index in [1.54, 1.807) is 0 Å². The number of benzene rings is 1. The number of rotatable bonds is 6. The molecule has 0 radical (unpaired) electrons. The van der Waals surface area contributed by atoms with Gasteiger partial charge < -0.3 is 5.73 Å². The summed E-state index contributed by atoms with van der Waals surface area (Å²) >= 11 is 0. The van der Waals surface area contributed by atoms with E-state index in [2.05, 4.69) is 49.1 Å². The van der Waals surface area contributed by atoms with Gasteiger partial charge in [-0.05, 0) is 43.3 Å². The number of nitrogens with two attached hydrogens (primary N) is 1. The fourth-order valence-electron chi connectivity index (χ4n) is 3.63. The van der Waals surface area contributed by atoms with E-state index in [4.69, 9.17) is 5.73 Å². The molecule has 1 fully saturated rings. The minimum absolute atomic E-state index is 0.486. The average Bonchev–Trinajstić information content (AvgIpc) is 2.51. The molecule has 1 saturated heterocycles. The normalized spacial score (nSPS) is 20.8.